The van der Waals surface area contributed by atoms with Crippen LogP contribution in [0.3, 0.4) is 0 Å². The van der Waals surface area contributed by atoms with E-state index < -0.39 is 0 Å². The molecule has 2 aliphatic rings. The summed E-state index contributed by atoms with van der Waals surface area (Å²) in [5.41, 5.74) is 6.85. The highest BCUT2D eigenvalue weighted by molar-refractivity contribution is 6.04. The Morgan fingerprint density at radius 3 is 2.54 bits per heavy atom. The molecule has 9 heteroatoms. The van der Waals surface area contributed by atoms with Gasteiger partial charge >= 0.3 is 0 Å². The molecule has 208 valence electrons. The Balaban J connectivity index is 1.19. The molecule has 6 rings (SSSR count). The number of hydrogen-bond donors (Lipinski definition) is 1. The number of aromatic nitrogens is 3. The molecule has 0 aliphatic carbocycles. The first-order valence-corrected chi connectivity index (χ1v) is 13.9. The molecule has 0 radical (unpaired) electrons. The largest absolute Gasteiger partial charge is 0.437 e. The number of pyridine rings is 1. The van der Waals surface area contributed by atoms with E-state index in [9.17, 15) is 4.79 Å². The number of ether oxygens (including phenoxy) is 1. The van der Waals surface area contributed by atoms with Gasteiger partial charge < -0.3 is 15.0 Å². The van der Waals surface area contributed by atoms with Crippen molar-refractivity contribution in [3.63, 3.8) is 0 Å². The number of nitrogens with one attached hydrogen (secondary N) is 1. The van der Waals surface area contributed by atoms with E-state index in [0.29, 0.717) is 35.1 Å². The number of piperazine rings is 1. The van der Waals surface area contributed by atoms with Gasteiger partial charge in [-0.05, 0) is 74.0 Å². The van der Waals surface area contributed by atoms with Gasteiger partial charge in [-0.1, -0.05) is 12.1 Å². The molecular weight excluding hydrogens is 514 g/mol. The standard InChI is InChI=1S/C32H33N7O2/c1-21-4-5-24(31(40)35-26-7-6-25(22(2)18-26)20-39-16-14-38(3)15-17-39)19-28(21)41-32-29-27(10-13-34-29)36-30(37-32)23-8-11-33-12-9-23/h4-9,11-13,18-19H,10,14-17,20H2,1-3H3,(H,35,40). The van der Waals surface area contributed by atoms with Crippen LogP contribution in [0, 0.1) is 13.8 Å². The second kappa shape index (κ2) is 11.6. The number of carbonyl (C=O) groups excluding carboxylic acids is 1. The van der Waals surface area contributed by atoms with E-state index in [1.807, 2.05) is 37.3 Å². The SMILES string of the molecule is Cc1cc(NC(=O)c2ccc(C)c(Oc3nc(-c4ccncc4)nc4c3N=CC4)c2)ccc1CN1CCN(C)CC1. The van der Waals surface area contributed by atoms with Crippen molar-refractivity contribution in [2.75, 3.05) is 38.5 Å². The van der Waals surface area contributed by atoms with Crippen LogP contribution in [-0.4, -0.2) is 70.1 Å². The van der Waals surface area contributed by atoms with Gasteiger partial charge in [-0.3, -0.25) is 19.7 Å². The summed E-state index contributed by atoms with van der Waals surface area (Å²) in [7, 11) is 2.17. The van der Waals surface area contributed by atoms with Gasteiger partial charge in [0.25, 0.3) is 5.91 Å². The number of hydrogen-bond acceptors (Lipinski definition) is 8. The van der Waals surface area contributed by atoms with E-state index in [1.165, 1.54) is 5.56 Å². The number of amides is 1. The van der Waals surface area contributed by atoms with Gasteiger partial charge in [0.15, 0.2) is 5.82 Å². The van der Waals surface area contributed by atoms with Crippen molar-refractivity contribution in [1.29, 1.82) is 0 Å². The molecule has 4 heterocycles. The third kappa shape index (κ3) is 6.01. The Bertz CT molecular complexity index is 1610. The van der Waals surface area contributed by atoms with Crippen molar-refractivity contribution in [1.82, 2.24) is 24.8 Å². The molecule has 0 unspecified atom stereocenters. The fraction of sp³-hybridized carbons (Fsp3) is 0.281. The maximum Gasteiger partial charge on any atom is 0.255 e. The Morgan fingerprint density at radius 1 is 0.951 bits per heavy atom. The molecule has 1 saturated heterocycles. The zero-order valence-corrected chi connectivity index (χ0v) is 23.6. The first kappa shape index (κ1) is 26.7. The van der Waals surface area contributed by atoms with Crippen LogP contribution in [0.2, 0.25) is 0 Å². The molecule has 1 N–H and O–H groups in total. The fourth-order valence-electron chi connectivity index (χ4n) is 5.03. The Hall–Kier alpha value is -4.47. The van der Waals surface area contributed by atoms with Crippen molar-refractivity contribution < 1.29 is 9.53 Å². The van der Waals surface area contributed by atoms with Crippen LogP contribution in [0.5, 0.6) is 11.6 Å². The third-order valence-electron chi connectivity index (χ3n) is 7.62. The molecule has 9 nitrogen and oxygen atoms in total. The molecule has 41 heavy (non-hydrogen) atoms. The van der Waals surface area contributed by atoms with Gasteiger partial charge in [-0.15, -0.1) is 0 Å². The number of aryl methyl sites for hydroxylation is 2. The van der Waals surface area contributed by atoms with Crippen LogP contribution in [0.1, 0.15) is 32.7 Å². The molecule has 2 aromatic carbocycles. The van der Waals surface area contributed by atoms with Crippen LogP contribution in [0.4, 0.5) is 11.4 Å². The van der Waals surface area contributed by atoms with Gasteiger partial charge in [-0.2, -0.15) is 4.98 Å². The van der Waals surface area contributed by atoms with E-state index in [4.69, 9.17) is 4.74 Å². The first-order chi connectivity index (χ1) is 19.9. The molecule has 2 aromatic heterocycles. The maximum absolute atomic E-state index is 13.3. The number of nitrogens with zero attached hydrogens (tertiary/aromatic N) is 6. The lowest BCUT2D eigenvalue weighted by Crippen LogP contribution is -2.43. The minimum atomic E-state index is -0.204. The zero-order valence-electron chi connectivity index (χ0n) is 23.6. The molecule has 1 amide bonds. The summed E-state index contributed by atoms with van der Waals surface area (Å²) in [6.07, 6.45) is 5.83. The first-order valence-electron chi connectivity index (χ1n) is 13.9. The highest BCUT2D eigenvalue weighted by Gasteiger charge is 2.21. The summed E-state index contributed by atoms with van der Waals surface area (Å²) in [6.45, 7) is 9.29. The van der Waals surface area contributed by atoms with Crippen molar-refractivity contribution >= 4 is 23.5 Å². The maximum atomic E-state index is 13.3. The topological polar surface area (TPSA) is 95.8 Å². The summed E-state index contributed by atoms with van der Waals surface area (Å²) in [6, 6.07) is 15.3. The molecule has 0 spiro atoms. The second-order valence-corrected chi connectivity index (χ2v) is 10.7. The number of anilines is 1. The lowest BCUT2D eigenvalue weighted by molar-refractivity contribution is 0.102. The molecule has 1 fully saturated rings. The van der Waals surface area contributed by atoms with Crippen LogP contribution >= 0.6 is 0 Å². The average molecular weight is 548 g/mol. The number of fused-ring (bicyclic) bond motifs is 1. The molecule has 2 aliphatic heterocycles. The monoisotopic (exact) mass is 547 g/mol. The zero-order chi connectivity index (χ0) is 28.3. The fourth-order valence-corrected chi connectivity index (χ4v) is 5.03. The van der Waals surface area contributed by atoms with Crippen LogP contribution in [0.15, 0.2) is 65.9 Å². The van der Waals surface area contributed by atoms with Crippen molar-refractivity contribution in [2.45, 2.75) is 26.8 Å². The number of benzene rings is 2. The molecule has 0 saturated carbocycles. The molecular formula is C32H33N7O2. The highest BCUT2D eigenvalue weighted by Crippen LogP contribution is 2.38. The lowest BCUT2D eigenvalue weighted by Gasteiger charge is -2.32. The number of aliphatic imine (C=N–C) groups is 1. The summed E-state index contributed by atoms with van der Waals surface area (Å²) in [4.78, 5) is 36.0. The summed E-state index contributed by atoms with van der Waals surface area (Å²) in [5, 5.41) is 3.05. The van der Waals surface area contributed by atoms with Gasteiger partial charge in [0.05, 0.1) is 5.69 Å². The van der Waals surface area contributed by atoms with Crippen molar-refractivity contribution in [2.24, 2.45) is 4.99 Å². The van der Waals surface area contributed by atoms with Crippen molar-refractivity contribution in [3.05, 3.63) is 88.9 Å². The Kier molecular flexibility index (Phi) is 7.54. The normalized spacial score (nSPS) is 15.1. The third-order valence-corrected chi connectivity index (χ3v) is 7.62. The van der Waals surface area contributed by atoms with Crippen LogP contribution in [-0.2, 0) is 13.0 Å². The quantitative estimate of drug-likeness (QED) is 0.340. The van der Waals surface area contributed by atoms with Gasteiger partial charge in [0, 0.05) is 74.6 Å². The van der Waals surface area contributed by atoms with E-state index in [0.717, 1.165) is 60.8 Å². The van der Waals surface area contributed by atoms with Gasteiger partial charge in [0.1, 0.15) is 11.4 Å². The smallest absolute Gasteiger partial charge is 0.255 e. The van der Waals surface area contributed by atoms with Crippen molar-refractivity contribution in [3.8, 4) is 23.0 Å². The van der Waals surface area contributed by atoms with E-state index in [2.05, 4.69) is 55.1 Å². The minimum absolute atomic E-state index is 0.204. The number of carbonyl (C=O) groups is 1. The summed E-state index contributed by atoms with van der Waals surface area (Å²) in [5.74, 6) is 1.25. The Labute approximate surface area is 240 Å². The number of rotatable bonds is 7. The second-order valence-electron chi connectivity index (χ2n) is 10.7. The molecule has 0 bridgehead atoms. The number of likely N-dealkylation sites (N-methyl/N-ethyl adjacent to an activating group) is 1. The van der Waals surface area contributed by atoms with Crippen LogP contribution in [0.25, 0.3) is 11.4 Å². The highest BCUT2D eigenvalue weighted by atomic mass is 16.5. The summed E-state index contributed by atoms with van der Waals surface area (Å²) < 4.78 is 6.30. The Morgan fingerprint density at radius 2 is 1.76 bits per heavy atom. The summed E-state index contributed by atoms with van der Waals surface area (Å²) >= 11 is 0. The van der Waals surface area contributed by atoms with Gasteiger partial charge in [0.2, 0.25) is 5.88 Å². The molecule has 4 aromatic rings. The predicted molar refractivity (Wildman–Crippen MR) is 160 cm³/mol. The van der Waals surface area contributed by atoms with Gasteiger partial charge in [-0.25, -0.2) is 4.98 Å². The molecule has 0 atom stereocenters. The lowest BCUT2D eigenvalue weighted by atomic mass is 10.1. The predicted octanol–water partition coefficient (Wildman–Crippen LogP) is 5.21. The van der Waals surface area contributed by atoms with Crippen LogP contribution < -0.4 is 10.1 Å². The minimum Gasteiger partial charge on any atom is -0.437 e. The van der Waals surface area contributed by atoms with E-state index in [-0.39, 0.29) is 5.91 Å². The van der Waals surface area contributed by atoms with E-state index in [1.54, 1.807) is 30.7 Å². The van der Waals surface area contributed by atoms with E-state index >= 15 is 0 Å². The average Bonchev–Trinajstić information content (AvgIpc) is 3.46.